The van der Waals surface area contributed by atoms with Crippen molar-refractivity contribution in [3.05, 3.63) is 101 Å². The highest BCUT2D eigenvalue weighted by Gasteiger charge is 2.29. The zero-order valence-electron chi connectivity index (χ0n) is 22.5. The second kappa shape index (κ2) is 12.3. The zero-order valence-corrected chi connectivity index (χ0v) is 22.5. The number of halogens is 2. The van der Waals surface area contributed by atoms with Crippen molar-refractivity contribution in [3.63, 3.8) is 0 Å². The summed E-state index contributed by atoms with van der Waals surface area (Å²) in [5.41, 5.74) is 2.49. The van der Waals surface area contributed by atoms with Gasteiger partial charge in [0.2, 0.25) is 5.88 Å². The number of para-hydroxylation sites is 1. The van der Waals surface area contributed by atoms with E-state index in [1.165, 1.54) is 6.07 Å². The first kappa shape index (κ1) is 27.3. The summed E-state index contributed by atoms with van der Waals surface area (Å²) >= 11 is 0. The van der Waals surface area contributed by atoms with Gasteiger partial charge in [-0.05, 0) is 61.7 Å². The van der Waals surface area contributed by atoms with Gasteiger partial charge in [0.1, 0.15) is 11.6 Å². The largest absolute Gasteiger partial charge is 0.497 e. The molecule has 40 heavy (non-hydrogen) atoms. The minimum atomic E-state index is -0.839. The van der Waals surface area contributed by atoms with Crippen molar-refractivity contribution in [3.8, 4) is 23.1 Å². The van der Waals surface area contributed by atoms with Crippen molar-refractivity contribution < 1.29 is 27.8 Å². The monoisotopic (exact) mass is 547 g/mol. The van der Waals surface area contributed by atoms with Crippen LogP contribution >= 0.6 is 0 Å². The number of benzene rings is 3. The molecule has 1 saturated heterocycles. The summed E-state index contributed by atoms with van der Waals surface area (Å²) in [5.74, 6) is -1.07. The lowest BCUT2D eigenvalue weighted by atomic mass is 10.1. The number of amides is 1. The number of carbonyl (C=O) groups excluding carboxylic acids is 1. The first-order valence-electron chi connectivity index (χ1n) is 13.3. The summed E-state index contributed by atoms with van der Waals surface area (Å²) < 4.78 is 47.4. The molecule has 1 atom stereocenters. The van der Waals surface area contributed by atoms with E-state index in [0.29, 0.717) is 47.8 Å². The van der Waals surface area contributed by atoms with Crippen molar-refractivity contribution in [1.82, 2.24) is 14.7 Å². The molecule has 0 bridgehead atoms. The van der Waals surface area contributed by atoms with Gasteiger partial charge in [-0.25, -0.2) is 13.5 Å². The Hall–Kier alpha value is -4.24. The quantitative estimate of drug-likeness (QED) is 0.232. The highest BCUT2D eigenvalue weighted by molar-refractivity contribution is 5.94. The minimum Gasteiger partial charge on any atom is -0.497 e. The van der Waals surface area contributed by atoms with E-state index < -0.39 is 11.6 Å². The third kappa shape index (κ3) is 5.99. The fourth-order valence-corrected chi connectivity index (χ4v) is 4.81. The summed E-state index contributed by atoms with van der Waals surface area (Å²) in [4.78, 5) is 15.6. The molecule has 0 radical (unpaired) electrons. The first-order chi connectivity index (χ1) is 19.5. The van der Waals surface area contributed by atoms with Gasteiger partial charge in [0.25, 0.3) is 5.91 Å². The van der Waals surface area contributed by atoms with Crippen LogP contribution in [0.3, 0.4) is 0 Å². The van der Waals surface area contributed by atoms with E-state index in [4.69, 9.17) is 19.3 Å². The smallest absolute Gasteiger partial charge is 0.254 e. The third-order valence-corrected chi connectivity index (χ3v) is 6.86. The van der Waals surface area contributed by atoms with E-state index in [-0.39, 0.29) is 30.2 Å². The fraction of sp³-hybridized carbons (Fsp3) is 0.290. The lowest BCUT2D eigenvalue weighted by molar-refractivity contribution is 0.0505. The van der Waals surface area contributed by atoms with Crippen LogP contribution in [0.15, 0.2) is 72.8 Å². The summed E-state index contributed by atoms with van der Waals surface area (Å²) in [6.07, 6.45) is 2.20. The average Bonchev–Trinajstić information content (AvgIpc) is 3.62. The molecule has 0 unspecified atom stereocenters. The Morgan fingerprint density at radius 3 is 2.62 bits per heavy atom. The Morgan fingerprint density at radius 2 is 1.93 bits per heavy atom. The maximum Gasteiger partial charge on any atom is 0.254 e. The van der Waals surface area contributed by atoms with Crippen LogP contribution in [-0.4, -0.2) is 47.0 Å². The molecule has 3 aromatic carbocycles. The molecule has 0 N–H and O–H groups in total. The van der Waals surface area contributed by atoms with Crippen LogP contribution in [0.5, 0.6) is 17.4 Å². The molecular formula is C31H31F2N3O4. The van der Waals surface area contributed by atoms with Gasteiger partial charge < -0.3 is 19.1 Å². The van der Waals surface area contributed by atoms with Gasteiger partial charge in [0.15, 0.2) is 11.6 Å². The second-order valence-corrected chi connectivity index (χ2v) is 9.56. The average molecular weight is 548 g/mol. The molecule has 2 heterocycles. The summed E-state index contributed by atoms with van der Waals surface area (Å²) in [6.45, 7) is 3.11. The lowest BCUT2D eigenvalue weighted by Crippen LogP contribution is -2.37. The number of nitrogens with zero attached hydrogens (tertiary/aromatic N) is 3. The van der Waals surface area contributed by atoms with Crippen LogP contribution in [-0.2, 0) is 17.7 Å². The fourth-order valence-electron chi connectivity index (χ4n) is 4.81. The van der Waals surface area contributed by atoms with Crippen LogP contribution in [0.25, 0.3) is 5.69 Å². The third-order valence-electron chi connectivity index (χ3n) is 6.86. The number of aromatic nitrogens is 2. The van der Waals surface area contributed by atoms with E-state index in [1.807, 2.05) is 37.3 Å². The molecule has 1 amide bonds. The van der Waals surface area contributed by atoms with E-state index in [2.05, 4.69) is 0 Å². The maximum absolute atomic E-state index is 14.8. The van der Waals surface area contributed by atoms with Crippen molar-refractivity contribution in [2.24, 2.45) is 0 Å². The Balaban J connectivity index is 1.59. The number of carbonyl (C=O) groups is 1. The van der Waals surface area contributed by atoms with Crippen LogP contribution in [0.4, 0.5) is 8.78 Å². The SMILES string of the molecule is CCc1nn(-c2ccccc2)c(Oc2ccc(F)cc2F)c1CN(C[C@H]1CCCO1)C(=O)c1cccc(OC)c1. The highest BCUT2D eigenvalue weighted by Crippen LogP contribution is 2.34. The van der Waals surface area contributed by atoms with E-state index in [9.17, 15) is 13.6 Å². The molecule has 1 fully saturated rings. The van der Waals surface area contributed by atoms with Crippen LogP contribution < -0.4 is 9.47 Å². The molecule has 0 saturated carbocycles. The molecule has 1 aromatic heterocycles. The molecule has 4 aromatic rings. The van der Waals surface area contributed by atoms with Gasteiger partial charge in [-0.1, -0.05) is 31.2 Å². The summed E-state index contributed by atoms with van der Waals surface area (Å²) in [5, 5.41) is 4.79. The van der Waals surface area contributed by atoms with Crippen molar-refractivity contribution in [2.75, 3.05) is 20.3 Å². The molecule has 0 aliphatic carbocycles. The molecule has 5 rings (SSSR count). The van der Waals surface area contributed by atoms with Gasteiger partial charge in [0, 0.05) is 24.8 Å². The van der Waals surface area contributed by atoms with Crippen LogP contribution in [0.1, 0.15) is 41.4 Å². The van der Waals surface area contributed by atoms with Gasteiger partial charge >= 0.3 is 0 Å². The number of hydrogen-bond acceptors (Lipinski definition) is 5. The first-order valence-corrected chi connectivity index (χ1v) is 13.3. The topological polar surface area (TPSA) is 65.8 Å². The molecule has 1 aliphatic rings. The van der Waals surface area contributed by atoms with Gasteiger partial charge in [-0.15, -0.1) is 0 Å². The van der Waals surface area contributed by atoms with Crippen molar-refractivity contribution >= 4 is 5.91 Å². The predicted molar refractivity (Wildman–Crippen MR) is 146 cm³/mol. The Kier molecular flexibility index (Phi) is 8.40. The Bertz CT molecular complexity index is 1470. The lowest BCUT2D eigenvalue weighted by Gasteiger charge is -2.26. The number of methoxy groups -OCH3 is 1. The molecule has 1 aliphatic heterocycles. The number of rotatable bonds is 10. The summed E-state index contributed by atoms with van der Waals surface area (Å²) in [6, 6.07) is 19.5. The number of aryl methyl sites for hydroxylation is 1. The zero-order chi connectivity index (χ0) is 28.1. The van der Waals surface area contributed by atoms with Crippen molar-refractivity contribution in [2.45, 2.75) is 38.8 Å². The van der Waals surface area contributed by atoms with Crippen molar-refractivity contribution in [1.29, 1.82) is 0 Å². The van der Waals surface area contributed by atoms with Gasteiger partial charge in [-0.3, -0.25) is 4.79 Å². The van der Waals surface area contributed by atoms with Gasteiger partial charge in [-0.2, -0.15) is 5.10 Å². The molecule has 9 heteroatoms. The Morgan fingerprint density at radius 1 is 1.10 bits per heavy atom. The number of ether oxygens (including phenoxy) is 3. The van der Waals surface area contributed by atoms with Crippen LogP contribution in [0, 0.1) is 11.6 Å². The van der Waals surface area contributed by atoms with Crippen LogP contribution in [0.2, 0.25) is 0 Å². The molecule has 208 valence electrons. The Labute approximate surface area is 231 Å². The molecule has 7 nitrogen and oxygen atoms in total. The highest BCUT2D eigenvalue weighted by atomic mass is 19.1. The predicted octanol–water partition coefficient (Wildman–Crippen LogP) is 6.34. The second-order valence-electron chi connectivity index (χ2n) is 9.56. The molecule has 0 spiro atoms. The number of hydrogen-bond donors (Lipinski definition) is 0. The normalized spacial score (nSPS) is 14.8. The van der Waals surface area contributed by atoms with Gasteiger partial charge in [0.05, 0.1) is 36.7 Å². The standard InChI is InChI=1S/C31H31F2N3O4/c1-3-28-26(20-35(19-25-13-8-16-39-25)30(37)21-9-7-12-24(17-21)38-2)31(36(34-28)23-10-5-4-6-11-23)40-29-15-14-22(32)18-27(29)33/h4-7,9-12,14-15,17-18,25H,3,8,13,16,19-20H2,1-2H3/t25-/m1/s1. The maximum atomic E-state index is 14.8. The molecular weight excluding hydrogens is 516 g/mol. The minimum absolute atomic E-state index is 0.109. The van der Waals surface area contributed by atoms with E-state index in [1.54, 1.807) is 41.0 Å². The van der Waals surface area contributed by atoms with E-state index >= 15 is 0 Å². The summed E-state index contributed by atoms with van der Waals surface area (Å²) in [7, 11) is 1.55. The van der Waals surface area contributed by atoms with E-state index in [0.717, 1.165) is 25.0 Å².